The Labute approximate surface area is 187 Å². The predicted molar refractivity (Wildman–Crippen MR) is 119 cm³/mol. The van der Waals surface area contributed by atoms with Crippen LogP contribution >= 0.6 is 15.9 Å². The number of esters is 2. The lowest BCUT2D eigenvalue weighted by atomic mass is 10.2. The van der Waals surface area contributed by atoms with Crippen LogP contribution < -0.4 is 10.2 Å². The van der Waals surface area contributed by atoms with E-state index in [1.807, 2.05) is 0 Å². The maximum Gasteiger partial charge on any atom is 0.343 e. The number of carbonyl (C=O) groups is 2. The van der Waals surface area contributed by atoms with Crippen LogP contribution in [-0.4, -0.2) is 34.7 Å². The maximum absolute atomic E-state index is 12.2. The molecular weight excluding hydrogens is 464 g/mol. The van der Waals surface area contributed by atoms with E-state index in [0.717, 1.165) is 10.0 Å². The van der Waals surface area contributed by atoms with Crippen molar-refractivity contribution in [1.82, 2.24) is 9.97 Å². The quantitative estimate of drug-likeness (QED) is 0.230. The third-order valence-electron chi connectivity index (χ3n) is 4.02. The van der Waals surface area contributed by atoms with Crippen LogP contribution in [0.1, 0.15) is 38.9 Å². The summed E-state index contributed by atoms with van der Waals surface area (Å²) in [5.74, 6) is -0.223. The molecule has 0 aliphatic rings. The van der Waals surface area contributed by atoms with E-state index >= 15 is 0 Å². The zero-order chi connectivity index (χ0) is 22.2. The number of halogens is 1. The molecule has 8 nitrogen and oxygen atoms in total. The number of hydrazone groups is 1. The van der Waals surface area contributed by atoms with E-state index in [1.165, 1.54) is 6.20 Å². The van der Waals surface area contributed by atoms with Gasteiger partial charge in [-0.15, -0.1) is 0 Å². The average molecular weight is 483 g/mol. The molecule has 3 aromatic rings. The lowest BCUT2D eigenvalue weighted by Crippen LogP contribution is -2.10. The standard InChI is InChI=1S/C22H19BrN4O4/c1-3-30-21(29)19-13-24-22(26-14(19)2)27-25-12-15-4-10-18(11-5-15)31-20(28)16-6-8-17(23)9-7-16/h4-13H,3H2,1-2H3,(H,24,26,27)/b25-12+. The number of hydrogen-bond donors (Lipinski definition) is 1. The van der Waals surface area contributed by atoms with Crippen LogP contribution in [0.25, 0.3) is 0 Å². The first kappa shape index (κ1) is 22.1. The van der Waals surface area contributed by atoms with Gasteiger partial charge in [0.1, 0.15) is 5.75 Å². The van der Waals surface area contributed by atoms with Gasteiger partial charge < -0.3 is 9.47 Å². The van der Waals surface area contributed by atoms with Gasteiger partial charge in [0.15, 0.2) is 0 Å². The van der Waals surface area contributed by atoms with Crippen molar-refractivity contribution in [3.05, 3.63) is 81.6 Å². The number of aromatic nitrogens is 2. The fourth-order valence-electron chi connectivity index (χ4n) is 2.47. The minimum absolute atomic E-state index is 0.252. The fraction of sp³-hybridized carbons (Fsp3) is 0.136. The second-order valence-corrected chi connectivity index (χ2v) is 7.16. The van der Waals surface area contributed by atoms with Gasteiger partial charge in [-0.05, 0) is 67.9 Å². The number of nitrogens with one attached hydrogen (secondary N) is 1. The van der Waals surface area contributed by atoms with Crippen LogP contribution in [0.3, 0.4) is 0 Å². The van der Waals surface area contributed by atoms with Crippen molar-refractivity contribution in [3.8, 4) is 5.75 Å². The first-order chi connectivity index (χ1) is 15.0. The van der Waals surface area contributed by atoms with Crippen molar-refractivity contribution in [1.29, 1.82) is 0 Å². The van der Waals surface area contributed by atoms with Crippen LogP contribution in [0, 0.1) is 6.92 Å². The van der Waals surface area contributed by atoms with Crippen molar-refractivity contribution in [2.75, 3.05) is 12.0 Å². The molecule has 0 amide bonds. The Balaban J connectivity index is 1.57. The molecule has 0 fully saturated rings. The summed E-state index contributed by atoms with van der Waals surface area (Å²) >= 11 is 3.33. The van der Waals surface area contributed by atoms with E-state index in [9.17, 15) is 9.59 Å². The van der Waals surface area contributed by atoms with Crippen molar-refractivity contribution in [3.63, 3.8) is 0 Å². The number of benzene rings is 2. The summed E-state index contributed by atoms with van der Waals surface area (Å²) in [5, 5.41) is 4.08. The Bertz CT molecular complexity index is 1100. The lowest BCUT2D eigenvalue weighted by Gasteiger charge is -2.06. The highest BCUT2D eigenvalue weighted by Crippen LogP contribution is 2.16. The molecule has 0 radical (unpaired) electrons. The molecule has 3 rings (SSSR count). The van der Waals surface area contributed by atoms with Gasteiger partial charge in [0.05, 0.1) is 29.6 Å². The monoisotopic (exact) mass is 482 g/mol. The van der Waals surface area contributed by atoms with E-state index in [-0.39, 0.29) is 12.6 Å². The van der Waals surface area contributed by atoms with Crippen LogP contribution in [0.15, 0.2) is 64.3 Å². The lowest BCUT2D eigenvalue weighted by molar-refractivity contribution is 0.0524. The third kappa shape index (κ3) is 6.19. The molecule has 158 valence electrons. The highest BCUT2D eigenvalue weighted by molar-refractivity contribution is 9.10. The Morgan fingerprint density at radius 2 is 1.81 bits per heavy atom. The van der Waals surface area contributed by atoms with Crippen LogP contribution in [0.2, 0.25) is 0 Å². The summed E-state index contributed by atoms with van der Waals surface area (Å²) in [7, 11) is 0. The highest BCUT2D eigenvalue weighted by atomic mass is 79.9. The zero-order valence-corrected chi connectivity index (χ0v) is 18.4. The zero-order valence-electron chi connectivity index (χ0n) is 16.8. The Kier molecular flexibility index (Phi) is 7.45. The van der Waals surface area contributed by atoms with Crippen molar-refractivity contribution >= 4 is 40.0 Å². The van der Waals surface area contributed by atoms with Gasteiger partial charge in [-0.2, -0.15) is 5.10 Å². The fourth-order valence-corrected chi connectivity index (χ4v) is 2.73. The van der Waals surface area contributed by atoms with Gasteiger partial charge in [0, 0.05) is 10.7 Å². The smallest absolute Gasteiger partial charge is 0.343 e. The molecule has 0 aliphatic carbocycles. The molecule has 0 spiro atoms. The SMILES string of the molecule is CCOC(=O)c1cnc(N/N=C/c2ccc(OC(=O)c3ccc(Br)cc3)cc2)nc1C. The summed E-state index contributed by atoms with van der Waals surface area (Å²) in [5.41, 5.74) is 4.74. The number of hydrogen-bond acceptors (Lipinski definition) is 8. The van der Waals surface area contributed by atoms with E-state index < -0.39 is 11.9 Å². The largest absolute Gasteiger partial charge is 0.462 e. The minimum atomic E-state index is -0.462. The van der Waals surface area contributed by atoms with Gasteiger partial charge in [-0.25, -0.2) is 25.0 Å². The summed E-state index contributed by atoms with van der Waals surface area (Å²) < 4.78 is 11.2. The Morgan fingerprint density at radius 1 is 1.10 bits per heavy atom. The Morgan fingerprint density at radius 3 is 2.45 bits per heavy atom. The minimum Gasteiger partial charge on any atom is -0.462 e. The second-order valence-electron chi connectivity index (χ2n) is 6.25. The summed E-state index contributed by atoms with van der Waals surface area (Å²) in [6, 6.07) is 13.8. The molecule has 0 atom stereocenters. The van der Waals surface area contributed by atoms with Crippen molar-refractivity contribution in [2.24, 2.45) is 5.10 Å². The molecule has 1 aromatic heterocycles. The molecule has 0 bridgehead atoms. The molecule has 0 saturated carbocycles. The molecular formula is C22H19BrN4O4. The van der Waals surface area contributed by atoms with E-state index in [2.05, 4.69) is 36.4 Å². The molecule has 9 heteroatoms. The molecule has 31 heavy (non-hydrogen) atoms. The molecule has 0 unspecified atom stereocenters. The highest BCUT2D eigenvalue weighted by Gasteiger charge is 2.12. The normalized spacial score (nSPS) is 10.7. The van der Waals surface area contributed by atoms with Crippen LogP contribution in [0.4, 0.5) is 5.95 Å². The number of carbonyl (C=O) groups excluding carboxylic acids is 2. The molecule has 2 aromatic carbocycles. The number of nitrogens with zero attached hydrogens (tertiary/aromatic N) is 3. The molecule has 1 N–H and O–H groups in total. The Hall–Kier alpha value is -3.59. The van der Waals surface area contributed by atoms with Gasteiger partial charge in [-0.3, -0.25) is 0 Å². The average Bonchev–Trinajstić information content (AvgIpc) is 2.75. The van der Waals surface area contributed by atoms with E-state index in [1.54, 1.807) is 68.6 Å². The van der Waals surface area contributed by atoms with Gasteiger partial charge in [-0.1, -0.05) is 15.9 Å². The van der Waals surface area contributed by atoms with Crippen LogP contribution in [-0.2, 0) is 4.74 Å². The number of anilines is 1. The van der Waals surface area contributed by atoms with E-state index in [4.69, 9.17) is 9.47 Å². The number of rotatable bonds is 7. The van der Waals surface area contributed by atoms with Crippen LogP contribution in [0.5, 0.6) is 5.75 Å². The number of aryl methyl sites for hydroxylation is 1. The second kappa shape index (κ2) is 10.4. The third-order valence-corrected chi connectivity index (χ3v) is 4.55. The van der Waals surface area contributed by atoms with Crippen molar-refractivity contribution < 1.29 is 19.1 Å². The van der Waals surface area contributed by atoms with Gasteiger partial charge in [0.25, 0.3) is 0 Å². The summed E-state index contributed by atoms with van der Waals surface area (Å²) in [6.07, 6.45) is 2.96. The summed E-state index contributed by atoms with van der Waals surface area (Å²) in [6.45, 7) is 3.71. The van der Waals surface area contributed by atoms with E-state index in [0.29, 0.717) is 22.6 Å². The first-order valence-electron chi connectivity index (χ1n) is 9.34. The maximum atomic E-state index is 12.2. The molecule has 1 heterocycles. The molecule has 0 saturated heterocycles. The predicted octanol–water partition coefficient (Wildman–Crippen LogP) is 4.39. The topological polar surface area (TPSA) is 103 Å². The summed E-state index contributed by atoms with van der Waals surface area (Å²) in [4.78, 5) is 32.2. The van der Waals surface area contributed by atoms with Crippen molar-refractivity contribution in [2.45, 2.75) is 13.8 Å². The van der Waals surface area contributed by atoms with Gasteiger partial charge in [0.2, 0.25) is 5.95 Å². The molecule has 0 aliphatic heterocycles. The number of ether oxygens (including phenoxy) is 2. The first-order valence-corrected chi connectivity index (χ1v) is 10.1. The van der Waals surface area contributed by atoms with Gasteiger partial charge >= 0.3 is 11.9 Å².